The van der Waals surface area contributed by atoms with E-state index in [0.717, 1.165) is 0 Å². The highest BCUT2D eigenvalue weighted by atomic mass is 14.4. The SMILES string of the molecule is C1CC[C@@H]2C[C@@H]2CC1. The lowest BCUT2D eigenvalue weighted by Crippen LogP contribution is -1.74. The predicted molar refractivity (Wildman–Crippen MR) is 34.7 cm³/mol. The van der Waals surface area contributed by atoms with Crippen LogP contribution in [-0.4, -0.2) is 0 Å². The molecule has 2 aliphatic carbocycles. The molecule has 0 N–H and O–H groups in total. The van der Waals surface area contributed by atoms with Crippen LogP contribution in [0.25, 0.3) is 0 Å². The van der Waals surface area contributed by atoms with Gasteiger partial charge in [-0.05, 0) is 18.3 Å². The van der Waals surface area contributed by atoms with Gasteiger partial charge in [-0.2, -0.15) is 0 Å². The maximum atomic E-state index is 1.58. The lowest BCUT2D eigenvalue weighted by molar-refractivity contribution is 0.644. The van der Waals surface area contributed by atoms with Crippen molar-refractivity contribution in [2.75, 3.05) is 0 Å². The van der Waals surface area contributed by atoms with E-state index in [4.69, 9.17) is 0 Å². The Balaban J connectivity index is 1.89. The van der Waals surface area contributed by atoms with Crippen LogP contribution in [0.15, 0.2) is 0 Å². The first kappa shape index (κ1) is 4.84. The number of fused-ring (bicyclic) bond motifs is 1. The van der Waals surface area contributed by atoms with Gasteiger partial charge in [0.05, 0.1) is 0 Å². The molecule has 2 fully saturated rings. The van der Waals surface area contributed by atoms with E-state index in [-0.39, 0.29) is 0 Å². The quantitative estimate of drug-likeness (QED) is 0.449. The molecule has 0 aromatic rings. The van der Waals surface area contributed by atoms with E-state index in [1.807, 2.05) is 0 Å². The third kappa shape index (κ3) is 0.765. The first-order valence-electron chi connectivity index (χ1n) is 3.97. The Kier molecular flexibility index (Phi) is 1.06. The largest absolute Gasteiger partial charge is 0.0533 e. The highest BCUT2D eigenvalue weighted by Gasteiger charge is 2.36. The molecular formula is C8H14. The molecule has 2 atom stereocenters. The fraction of sp³-hybridized carbons (Fsp3) is 1.00. The van der Waals surface area contributed by atoms with Crippen LogP contribution in [0.1, 0.15) is 38.5 Å². The fourth-order valence-corrected chi connectivity index (χ4v) is 2.01. The van der Waals surface area contributed by atoms with Gasteiger partial charge in [-0.1, -0.05) is 32.1 Å². The lowest BCUT2D eigenvalue weighted by Gasteiger charge is -1.90. The van der Waals surface area contributed by atoms with Gasteiger partial charge >= 0.3 is 0 Å². The molecule has 0 spiro atoms. The monoisotopic (exact) mass is 110 g/mol. The maximum absolute atomic E-state index is 1.58. The molecule has 46 valence electrons. The van der Waals surface area contributed by atoms with Crippen molar-refractivity contribution < 1.29 is 0 Å². The summed E-state index contributed by atoms with van der Waals surface area (Å²) < 4.78 is 0. The first-order valence-corrected chi connectivity index (χ1v) is 3.97. The van der Waals surface area contributed by atoms with E-state index in [2.05, 4.69) is 0 Å². The molecule has 8 heavy (non-hydrogen) atoms. The van der Waals surface area contributed by atoms with Crippen molar-refractivity contribution in [3.8, 4) is 0 Å². The summed E-state index contributed by atoms with van der Waals surface area (Å²) in [6.07, 6.45) is 9.28. The van der Waals surface area contributed by atoms with Crippen molar-refractivity contribution in [1.29, 1.82) is 0 Å². The van der Waals surface area contributed by atoms with Gasteiger partial charge in [-0.25, -0.2) is 0 Å². The molecule has 0 heterocycles. The van der Waals surface area contributed by atoms with Gasteiger partial charge in [0.15, 0.2) is 0 Å². The molecule has 2 rings (SSSR count). The maximum Gasteiger partial charge on any atom is -0.0383 e. The van der Waals surface area contributed by atoms with Gasteiger partial charge in [-0.15, -0.1) is 0 Å². The van der Waals surface area contributed by atoms with Crippen LogP contribution in [0.3, 0.4) is 0 Å². The molecule has 0 aliphatic heterocycles. The van der Waals surface area contributed by atoms with Gasteiger partial charge in [0.2, 0.25) is 0 Å². The molecule has 0 saturated heterocycles. The van der Waals surface area contributed by atoms with Crippen molar-refractivity contribution in [2.45, 2.75) is 38.5 Å². The summed E-state index contributed by atoms with van der Waals surface area (Å²) in [7, 11) is 0. The molecular weight excluding hydrogens is 96.1 g/mol. The smallest absolute Gasteiger partial charge is 0.0383 e. The number of hydrogen-bond acceptors (Lipinski definition) is 0. The van der Waals surface area contributed by atoms with E-state index in [0.29, 0.717) is 0 Å². The van der Waals surface area contributed by atoms with Crippen LogP contribution in [0.5, 0.6) is 0 Å². The molecule has 0 heteroatoms. The van der Waals surface area contributed by atoms with Crippen molar-refractivity contribution in [3.63, 3.8) is 0 Å². The molecule has 0 amide bonds. The average Bonchev–Trinajstić information content (AvgIpc) is 2.36. The van der Waals surface area contributed by atoms with Gasteiger partial charge < -0.3 is 0 Å². The Bertz CT molecular complexity index is 76.0. The molecule has 0 bridgehead atoms. The minimum atomic E-state index is 1.19. The average molecular weight is 110 g/mol. The van der Waals surface area contributed by atoms with Crippen molar-refractivity contribution in [3.05, 3.63) is 0 Å². The van der Waals surface area contributed by atoms with E-state index >= 15 is 0 Å². The number of hydrogen-bond donors (Lipinski definition) is 0. The molecule has 0 aromatic heterocycles. The zero-order valence-corrected chi connectivity index (χ0v) is 5.40. The van der Waals surface area contributed by atoms with Gasteiger partial charge in [0.25, 0.3) is 0 Å². The predicted octanol–water partition coefficient (Wildman–Crippen LogP) is 2.59. The summed E-state index contributed by atoms with van der Waals surface area (Å²) in [5.74, 6) is 2.38. The van der Waals surface area contributed by atoms with Crippen LogP contribution in [0.4, 0.5) is 0 Å². The standard InChI is InChI=1S/C8H14/c1-2-4-7-6-8(7)5-3-1/h7-8H,1-6H2/t7-,8+. The zero-order chi connectivity index (χ0) is 5.40. The Morgan fingerprint density at radius 1 is 0.750 bits per heavy atom. The zero-order valence-electron chi connectivity index (χ0n) is 5.40. The van der Waals surface area contributed by atoms with E-state index in [1.54, 1.807) is 19.3 Å². The first-order chi connectivity index (χ1) is 3.97. The molecule has 0 aromatic carbocycles. The highest BCUT2D eigenvalue weighted by molar-refractivity contribution is 4.87. The summed E-state index contributed by atoms with van der Waals surface area (Å²) in [5.41, 5.74) is 0. The minimum absolute atomic E-state index is 1.19. The summed E-state index contributed by atoms with van der Waals surface area (Å²) in [4.78, 5) is 0. The summed E-state index contributed by atoms with van der Waals surface area (Å²) >= 11 is 0. The van der Waals surface area contributed by atoms with Gasteiger partial charge in [0, 0.05) is 0 Å². The Hall–Kier alpha value is 0. The Morgan fingerprint density at radius 3 is 2.00 bits per heavy atom. The molecule has 0 unspecified atom stereocenters. The summed E-state index contributed by atoms with van der Waals surface area (Å²) in [5, 5.41) is 0. The number of rotatable bonds is 0. The van der Waals surface area contributed by atoms with Crippen LogP contribution in [0, 0.1) is 11.8 Å². The van der Waals surface area contributed by atoms with Gasteiger partial charge in [-0.3, -0.25) is 0 Å². The summed E-state index contributed by atoms with van der Waals surface area (Å²) in [6.45, 7) is 0. The third-order valence-electron chi connectivity index (χ3n) is 2.72. The van der Waals surface area contributed by atoms with Gasteiger partial charge in [0.1, 0.15) is 0 Å². The Labute approximate surface area is 51.3 Å². The second-order valence-electron chi connectivity index (χ2n) is 3.39. The second-order valence-corrected chi connectivity index (χ2v) is 3.39. The van der Waals surface area contributed by atoms with E-state index in [9.17, 15) is 0 Å². The fourth-order valence-electron chi connectivity index (χ4n) is 2.01. The van der Waals surface area contributed by atoms with Crippen molar-refractivity contribution in [2.24, 2.45) is 11.8 Å². The van der Waals surface area contributed by atoms with Crippen LogP contribution < -0.4 is 0 Å². The molecule has 0 radical (unpaired) electrons. The van der Waals surface area contributed by atoms with Crippen LogP contribution in [-0.2, 0) is 0 Å². The summed E-state index contributed by atoms with van der Waals surface area (Å²) in [6, 6.07) is 0. The molecule has 2 aliphatic rings. The normalized spacial score (nSPS) is 45.0. The molecule has 2 saturated carbocycles. The third-order valence-corrected chi connectivity index (χ3v) is 2.72. The highest BCUT2D eigenvalue weighted by Crippen LogP contribution is 2.47. The Morgan fingerprint density at radius 2 is 1.38 bits per heavy atom. The topological polar surface area (TPSA) is 0 Å². The van der Waals surface area contributed by atoms with Crippen molar-refractivity contribution in [1.82, 2.24) is 0 Å². The lowest BCUT2D eigenvalue weighted by atomic mass is 10.2. The van der Waals surface area contributed by atoms with Crippen LogP contribution in [0.2, 0.25) is 0 Å². The van der Waals surface area contributed by atoms with Crippen molar-refractivity contribution >= 4 is 0 Å². The second kappa shape index (κ2) is 1.75. The molecule has 0 nitrogen and oxygen atoms in total. The van der Waals surface area contributed by atoms with E-state index < -0.39 is 0 Å². The minimum Gasteiger partial charge on any atom is -0.0533 e. The van der Waals surface area contributed by atoms with Crippen LogP contribution >= 0.6 is 0 Å². The van der Waals surface area contributed by atoms with E-state index in [1.165, 1.54) is 31.1 Å².